The number of carbonyl (C=O) groups is 1. The number of rotatable bonds is 4. The third kappa shape index (κ3) is 2.89. The lowest BCUT2D eigenvalue weighted by Gasteiger charge is -2.05. The number of aromatic amines is 1. The van der Waals surface area contributed by atoms with E-state index in [-0.39, 0.29) is 5.91 Å². The molecule has 6 nitrogen and oxygen atoms in total. The highest BCUT2D eigenvalue weighted by Crippen LogP contribution is 2.14. The van der Waals surface area contributed by atoms with Crippen molar-refractivity contribution in [3.63, 3.8) is 0 Å². The maximum atomic E-state index is 12.3. The molecule has 118 valence electrons. The van der Waals surface area contributed by atoms with Crippen molar-refractivity contribution in [1.82, 2.24) is 19.5 Å². The average molecular weight is 317 g/mol. The second kappa shape index (κ2) is 6.00. The van der Waals surface area contributed by atoms with E-state index in [4.69, 9.17) is 0 Å². The Morgan fingerprint density at radius 3 is 2.71 bits per heavy atom. The first-order valence-electron chi connectivity index (χ1n) is 7.59. The predicted molar refractivity (Wildman–Crippen MR) is 91.8 cm³/mol. The van der Waals surface area contributed by atoms with Gasteiger partial charge in [-0.05, 0) is 29.8 Å². The second-order valence-electron chi connectivity index (χ2n) is 5.49. The lowest BCUT2D eigenvalue weighted by Crippen LogP contribution is -2.13. The van der Waals surface area contributed by atoms with Crippen LogP contribution in [0.4, 0.5) is 5.95 Å². The topological polar surface area (TPSA) is 75.6 Å². The number of hydrogen-bond acceptors (Lipinski definition) is 3. The van der Waals surface area contributed by atoms with Crippen LogP contribution >= 0.6 is 0 Å². The number of benzene rings is 2. The van der Waals surface area contributed by atoms with Gasteiger partial charge in [-0.15, -0.1) is 0 Å². The number of H-pyrrole nitrogens is 1. The zero-order chi connectivity index (χ0) is 16.4. The molecule has 4 aromatic rings. The van der Waals surface area contributed by atoms with Crippen molar-refractivity contribution in [3.8, 4) is 0 Å². The Morgan fingerprint density at radius 2 is 1.96 bits per heavy atom. The maximum Gasteiger partial charge on any atom is 0.257 e. The third-order valence-electron chi connectivity index (χ3n) is 3.76. The van der Waals surface area contributed by atoms with E-state index in [0.717, 1.165) is 23.1 Å². The van der Waals surface area contributed by atoms with Gasteiger partial charge in [-0.2, -0.15) is 0 Å². The highest BCUT2D eigenvalue weighted by atomic mass is 16.1. The van der Waals surface area contributed by atoms with Crippen molar-refractivity contribution < 1.29 is 4.79 Å². The van der Waals surface area contributed by atoms with Gasteiger partial charge >= 0.3 is 0 Å². The zero-order valence-electron chi connectivity index (χ0n) is 12.8. The Kier molecular flexibility index (Phi) is 3.55. The van der Waals surface area contributed by atoms with Crippen LogP contribution in [0.1, 0.15) is 15.9 Å². The largest absolute Gasteiger partial charge is 0.333 e. The molecule has 0 atom stereocenters. The van der Waals surface area contributed by atoms with Crippen LogP contribution in [-0.2, 0) is 6.54 Å². The molecule has 0 aliphatic heterocycles. The number of fused-ring (bicyclic) bond motifs is 1. The summed E-state index contributed by atoms with van der Waals surface area (Å²) in [5.41, 5.74) is 3.41. The molecule has 0 bridgehead atoms. The lowest BCUT2D eigenvalue weighted by atomic mass is 10.1. The molecule has 0 aliphatic rings. The van der Waals surface area contributed by atoms with E-state index in [1.807, 2.05) is 59.3 Å². The van der Waals surface area contributed by atoms with Crippen molar-refractivity contribution in [1.29, 1.82) is 0 Å². The monoisotopic (exact) mass is 317 g/mol. The highest BCUT2D eigenvalue weighted by Gasteiger charge is 2.09. The first-order chi connectivity index (χ1) is 11.8. The molecule has 6 heteroatoms. The Hall–Kier alpha value is -3.41. The number of nitrogens with zero attached hydrogens (tertiary/aromatic N) is 3. The first-order valence-corrected chi connectivity index (χ1v) is 7.59. The second-order valence-corrected chi connectivity index (χ2v) is 5.49. The van der Waals surface area contributed by atoms with Crippen LogP contribution in [0.2, 0.25) is 0 Å². The molecule has 2 aromatic heterocycles. The Balaban J connectivity index is 1.47. The van der Waals surface area contributed by atoms with Crippen molar-refractivity contribution in [2.24, 2.45) is 0 Å². The van der Waals surface area contributed by atoms with E-state index < -0.39 is 0 Å². The summed E-state index contributed by atoms with van der Waals surface area (Å²) < 4.78 is 1.98. The predicted octanol–water partition coefficient (Wildman–Crippen LogP) is 3.06. The minimum absolute atomic E-state index is 0.191. The molecule has 0 spiro atoms. The number of hydrogen-bond donors (Lipinski definition) is 2. The molecule has 0 aliphatic carbocycles. The summed E-state index contributed by atoms with van der Waals surface area (Å²) in [5, 5.41) is 2.79. The lowest BCUT2D eigenvalue weighted by molar-refractivity contribution is 0.102. The van der Waals surface area contributed by atoms with Gasteiger partial charge in [0.2, 0.25) is 5.95 Å². The maximum absolute atomic E-state index is 12.3. The van der Waals surface area contributed by atoms with E-state index >= 15 is 0 Å². The molecular weight excluding hydrogens is 302 g/mol. The number of carbonyl (C=O) groups excluding carboxylic acids is 1. The number of nitrogens with one attached hydrogen (secondary N) is 2. The number of imidazole rings is 2. The molecule has 0 saturated carbocycles. The number of anilines is 1. The molecule has 2 N–H and O–H groups in total. The summed E-state index contributed by atoms with van der Waals surface area (Å²) in [5.74, 6) is 0.256. The summed E-state index contributed by atoms with van der Waals surface area (Å²) in [7, 11) is 0. The quantitative estimate of drug-likeness (QED) is 0.607. The fourth-order valence-electron chi connectivity index (χ4n) is 2.54. The van der Waals surface area contributed by atoms with Crippen LogP contribution in [0.15, 0.2) is 67.3 Å². The molecule has 2 heterocycles. The average Bonchev–Trinajstić information content (AvgIpc) is 3.24. The normalized spacial score (nSPS) is 10.8. The Morgan fingerprint density at radius 1 is 1.12 bits per heavy atom. The third-order valence-corrected chi connectivity index (χ3v) is 3.76. The van der Waals surface area contributed by atoms with Gasteiger partial charge in [0, 0.05) is 24.5 Å². The Labute approximate surface area is 138 Å². The molecule has 0 unspecified atom stereocenters. The SMILES string of the molecule is O=C(Nc1nc2ccccc2[nH]1)c1ccc(Cn2ccnc2)cc1. The number of aromatic nitrogens is 4. The van der Waals surface area contributed by atoms with Gasteiger partial charge in [0.1, 0.15) is 0 Å². The van der Waals surface area contributed by atoms with Crippen LogP contribution in [0.5, 0.6) is 0 Å². The van der Waals surface area contributed by atoms with Crippen molar-refractivity contribution in [2.75, 3.05) is 5.32 Å². The number of amides is 1. The summed E-state index contributed by atoms with van der Waals surface area (Å²) in [6.45, 7) is 0.728. The van der Waals surface area contributed by atoms with Crippen LogP contribution in [0.25, 0.3) is 11.0 Å². The Bertz CT molecular complexity index is 937. The van der Waals surface area contributed by atoms with Crippen LogP contribution in [0, 0.1) is 0 Å². The molecule has 2 aromatic carbocycles. The number of para-hydroxylation sites is 2. The summed E-state index contributed by atoms with van der Waals surface area (Å²) >= 11 is 0. The summed E-state index contributed by atoms with van der Waals surface area (Å²) in [6, 6.07) is 15.1. The van der Waals surface area contributed by atoms with Gasteiger partial charge in [0.25, 0.3) is 5.91 Å². The minimum atomic E-state index is -0.191. The van der Waals surface area contributed by atoms with Gasteiger partial charge in [-0.3, -0.25) is 10.1 Å². The standard InChI is InChI=1S/C18H15N5O/c24-17(22-18-20-15-3-1-2-4-16(15)21-18)14-7-5-13(6-8-14)11-23-10-9-19-12-23/h1-10,12H,11H2,(H2,20,21,22,24). The van der Waals surface area contributed by atoms with Crippen molar-refractivity contribution in [2.45, 2.75) is 6.54 Å². The molecule has 0 radical (unpaired) electrons. The minimum Gasteiger partial charge on any atom is -0.333 e. The first kappa shape index (κ1) is 14.2. The van der Waals surface area contributed by atoms with Gasteiger partial charge < -0.3 is 9.55 Å². The van der Waals surface area contributed by atoms with Crippen molar-refractivity contribution >= 4 is 22.9 Å². The fourth-order valence-corrected chi connectivity index (χ4v) is 2.54. The molecule has 0 saturated heterocycles. The van der Waals surface area contributed by atoms with Crippen molar-refractivity contribution in [3.05, 3.63) is 78.4 Å². The van der Waals surface area contributed by atoms with Gasteiger partial charge in [-0.25, -0.2) is 9.97 Å². The van der Waals surface area contributed by atoms with E-state index in [1.165, 1.54) is 0 Å². The van der Waals surface area contributed by atoms with Gasteiger partial charge in [0.05, 0.1) is 17.4 Å². The van der Waals surface area contributed by atoms with Crippen LogP contribution in [0.3, 0.4) is 0 Å². The molecular formula is C18H15N5O. The zero-order valence-corrected chi connectivity index (χ0v) is 12.8. The van der Waals surface area contributed by atoms with Crippen LogP contribution in [-0.4, -0.2) is 25.4 Å². The fraction of sp³-hybridized carbons (Fsp3) is 0.0556. The highest BCUT2D eigenvalue weighted by molar-refractivity contribution is 6.03. The van der Waals surface area contributed by atoms with E-state index in [1.54, 1.807) is 12.5 Å². The smallest absolute Gasteiger partial charge is 0.257 e. The molecule has 24 heavy (non-hydrogen) atoms. The molecule has 1 amide bonds. The molecule has 0 fully saturated rings. The summed E-state index contributed by atoms with van der Waals surface area (Å²) in [4.78, 5) is 23.8. The van der Waals surface area contributed by atoms with Gasteiger partial charge in [0.15, 0.2) is 0 Å². The van der Waals surface area contributed by atoms with Gasteiger partial charge in [-0.1, -0.05) is 24.3 Å². The molecule has 4 rings (SSSR count). The van der Waals surface area contributed by atoms with E-state index in [9.17, 15) is 4.79 Å². The summed E-state index contributed by atoms with van der Waals surface area (Å²) in [6.07, 6.45) is 5.42. The van der Waals surface area contributed by atoms with E-state index in [0.29, 0.717) is 11.5 Å². The van der Waals surface area contributed by atoms with Crippen LogP contribution < -0.4 is 5.32 Å². The van der Waals surface area contributed by atoms with E-state index in [2.05, 4.69) is 20.3 Å².